The highest BCUT2D eigenvalue weighted by molar-refractivity contribution is 5.10. The van der Waals surface area contributed by atoms with Crippen LogP contribution in [0.15, 0.2) is 0 Å². The molecule has 3 saturated carbocycles. The van der Waals surface area contributed by atoms with Crippen molar-refractivity contribution in [3.63, 3.8) is 0 Å². The molecule has 3 heteroatoms. The molecular weight excluding hydrogens is 342 g/mol. The number of hydrogen-bond donors (Lipinski definition) is 0. The van der Waals surface area contributed by atoms with Gasteiger partial charge in [0.1, 0.15) is 17.8 Å². The van der Waals surface area contributed by atoms with Gasteiger partial charge in [0.2, 0.25) is 0 Å². The van der Waals surface area contributed by atoms with E-state index >= 15 is 0 Å². The Labute approximate surface area is 176 Å². The summed E-state index contributed by atoms with van der Waals surface area (Å²) in [6.07, 6.45) is 17.3. The van der Waals surface area contributed by atoms with Gasteiger partial charge in [0.15, 0.2) is 0 Å². The Morgan fingerprint density at radius 1 is 0.393 bits per heavy atom. The number of nitrogens with zero attached hydrogens (tertiary/aromatic N) is 3. The van der Waals surface area contributed by atoms with Crippen LogP contribution in [0.1, 0.15) is 77.0 Å². The third-order valence-corrected chi connectivity index (χ3v) is 8.70. The topological polar surface area (TPSA) is 9.72 Å². The first-order chi connectivity index (χ1) is 13.4. The maximum Gasteiger partial charge on any atom is 0.101 e. The Hall–Kier alpha value is -0.250. The molecule has 3 rings (SSSR count). The standard InChI is InChI=1S/C25H48N3/c1-26(2)22-13-7-19(8-14-22)25(20-9-15-23(16-10-20)27(3)4)21-11-17-24(18-12-21)28(5)6/h19-24H,7-18H2,1-6H3/q+1. The molecule has 0 spiro atoms. The first kappa shape index (κ1) is 22.4. The van der Waals surface area contributed by atoms with Gasteiger partial charge in [-0.1, -0.05) is 0 Å². The zero-order valence-electron chi connectivity index (χ0n) is 19.8. The summed E-state index contributed by atoms with van der Waals surface area (Å²) in [5, 5.41) is 0. The summed E-state index contributed by atoms with van der Waals surface area (Å²) < 4.78 is 0. The Morgan fingerprint density at radius 3 is 0.786 bits per heavy atom. The monoisotopic (exact) mass is 390 g/mol. The van der Waals surface area contributed by atoms with Gasteiger partial charge in [-0.2, -0.15) is 0 Å². The van der Waals surface area contributed by atoms with Crippen LogP contribution >= 0.6 is 0 Å². The van der Waals surface area contributed by atoms with Gasteiger partial charge >= 0.3 is 0 Å². The summed E-state index contributed by atoms with van der Waals surface area (Å²) in [6.45, 7) is 0. The van der Waals surface area contributed by atoms with Crippen molar-refractivity contribution in [2.24, 2.45) is 17.8 Å². The molecule has 3 nitrogen and oxygen atoms in total. The Balaban J connectivity index is 1.65. The fourth-order valence-electron chi connectivity index (χ4n) is 6.78. The van der Waals surface area contributed by atoms with Crippen LogP contribution in [0, 0.1) is 23.7 Å². The van der Waals surface area contributed by atoms with E-state index in [1.165, 1.54) is 77.0 Å². The quantitative estimate of drug-likeness (QED) is 0.596. The van der Waals surface area contributed by atoms with Crippen LogP contribution in [0.3, 0.4) is 0 Å². The van der Waals surface area contributed by atoms with Crippen LogP contribution in [0.25, 0.3) is 0 Å². The molecule has 3 fully saturated rings. The van der Waals surface area contributed by atoms with Crippen LogP contribution in [0.5, 0.6) is 0 Å². The lowest BCUT2D eigenvalue weighted by molar-refractivity contribution is 0.122. The zero-order valence-corrected chi connectivity index (χ0v) is 19.8. The summed E-state index contributed by atoms with van der Waals surface area (Å²) >= 11 is 0. The van der Waals surface area contributed by atoms with Crippen molar-refractivity contribution < 1.29 is 0 Å². The minimum Gasteiger partial charge on any atom is -0.306 e. The van der Waals surface area contributed by atoms with Crippen LogP contribution in [-0.2, 0) is 0 Å². The Morgan fingerprint density at radius 2 is 0.607 bits per heavy atom. The molecule has 0 amide bonds. The molecule has 3 aliphatic carbocycles. The lowest BCUT2D eigenvalue weighted by atomic mass is 9.61. The summed E-state index contributed by atoms with van der Waals surface area (Å²) in [5.74, 6) is 4.85. The van der Waals surface area contributed by atoms with E-state index in [2.05, 4.69) is 62.9 Å². The van der Waals surface area contributed by atoms with E-state index in [1.807, 2.05) is 0 Å². The van der Waals surface area contributed by atoms with Crippen molar-refractivity contribution in [3.05, 3.63) is 5.92 Å². The third-order valence-electron chi connectivity index (χ3n) is 8.70. The van der Waals surface area contributed by atoms with Gasteiger partial charge in [-0.05, 0) is 119 Å². The lowest BCUT2D eigenvalue weighted by Crippen LogP contribution is -2.41. The normalized spacial score (nSPS) is 37.6. The predicted octanol–water partition coefficient (Wildman–Crippen LogP) is 4.92. The molecule has 0 aromatic heterocycles. The molecule has 0 bridgehead atoms. The van der Waals surface area contributed by atoms with Gasteiger partial charge in [0.25, 0.3) is 0 Å². The Kier molecular flexibility index (Phi) is 8.15. The highest BCUT2D eigenvalue weighted by atomic mass is 15.1. The van der Waals surface area contributed by atoms with Crippen LogP contribution in [0.2, 0.25) is 0 Å². The molecule has 0 heterocycles. The first-order valence-electron chi connectivity index (χ1n) is 12.2. The molecule has 0 aliphatic heterocycles. The lowest BCUT2D eigenvalue weighted by Gasteiger charge is -2.41. The number of hydrogen-bond acceptors (Lipinski definition) is 3. The molecule has 0 atom stereocenters. The van der Waals surface area contributed by atoms with E-state index in [1.54, 1.807) is 0 Å². The number of rotatable bonds is 6. The highest BCUT2D eigenvalue weighted by Gasteiger charge is 2.49. The van der Waals surface area contributed by atoms with Crippen LogP contribution in [-0.4, -0.2) is 75.1 Å². The SMILES string of the molecule is CN(C)C1CCC([C+](C2CCC(N(C)C)CC2)C2CCC(N(C)C)CC2)CC1. The summed E-state index contributed by atoms with van der Waals surface area (Å²) in [6, 6.07) is 2.48. The smallest absolute Gasteiger partial charge is 0.101 e. The van der Waals surface area contributed by atoms with E-state index in [4.69, 9.17) is 0 Å². The van der Waals surface area contributed by atoms with E-state index < -0.39 is 0 Å². The molecular formula is C25H48N3+. The van der Waals surface area contributed by atoms with E-state index in [0.29, 0.717) is 0 Å². The minimum atomic E-state index is 0.825. The van der Waals surface area contributed by atoms with Crippen LogP contribution < -0.4 is 0 Å². The Bertz CT molecular complexity index is 370. The van der Waals surface area contributed by atoms with Gasteiger partial charge < -0.3 is 14.7 Å². The summed E-state index contributed by atoms with van der Waals surface area (Å²) in [4.78, 5) is 7.42. The molecule has 0 N–H and O–H groups in total. The van der Waals surface area contributed by atoms with Crippen molar-refractivity contribution in [2.75, 3.05) is 42.3 Å². The molecule has 0 saturated heterocycles. The van der Waals surface area contributed by atoms with E-state index in [9.17, 15) is 0 Å². The van der Waals surface area contributed by atoms with Crippen LogP contribution in [0.4, 0.5) is 0 Å². The van der Waals surface area contributed by atoms with E-state index in [-0.39, 0.29) is 0 Å². The maximum atomic E-state index is 2.47. The third kappa shape index (κ3) is 5.46. The second-order valence-corrected chi connectivity index (χ2v) is 10.9. The van der Waals surface area contributed by atoms with Crippen molar-refractivity contribution in [1.29, 1.82) is 0 Å². The molecule has 0 aromatic rings. The summed E-state index contributed by atoms with van der Waals surface area (Å²) in [7, 11) is 13.7. The highest BCUT2D eigenvalue weighted by Crippen LogP contribution is 2.49. The molecule has 3 aliphatic rings. The van der Waals surface area contributed by atoms with Gasteiger partial charge in [-0.25, -0.2) is 0 Å². The predicted molar refractivity (Wildman–Crippen MR) is 122 cm³/mol. The maximum absolute atomic E-state index is 2.47. The first-order valence-corrected chi connectivity index (χ1v) is 12.2. The van der Waals surface area contributed by atoms with Crippen molar-refractivity contribution in [3.8, 4) is 0 Å². The second-order valence-electron chi connectivity index (χ2n) is 10.9. The van der Waals surface area contributed by atoms with Crippen molar-refractivity contribution >= 4 is 0 Å². The minimum absolute atomic E-state index is 0.825. The molecule has 162 valence electrons. The fourth-order valence-corrected chi connectivity index (χ4v) is 6.78. The molecule has 0 unspecified atom stereocenters. The van der Waals surface area contributed by atoms with Gasteiger partial charge in [-0.15, -0.1) is 0 Å². The zero-order chi connectivity index (χ0) is 20.3. The molecule has 0 radical (unpaired) electrons. The largest absolute Gasteiger partial charge is 0.306 e. The van der Waals surface area contributed by atoms with Gasteiger partial charge in [-0.3, -0.25) is 0 Å². The van der Waals surface area contributed by atoms with E-state index in [0.717, 1.165) is 35.9 Å². The molecule has 28 heavy (non-hydrogen) atoms. The summed E-state index contributed by atoms with van der Waals surface area (Å²) in [5.41, 5.74) is 0. The van der Waals surface area contributed by atoms with Crippen molar-refractivity contribution in [1.82, 2.24) is 14.7 Å². The molecule has 0 aromatic carbocycles. The average molecular weight is 391 g/mol. The van der Waals surface area contributed by atoms with Gasteiger partial charge in [0, 0.05) is 18.1 Å². The average Bonchev–Trinajstić information content (AvgIpc) is 2.69. The van der Waals surface area contributed by atoms with Crippen molar-refractivity contribution in [2.45, 2.75) is 95.2 Å². The van der Waals surface area contributed by atoms with Gasteiger partial charge in [0.05, 0.1) is 5.92 Å². The second kappa shape index (κ2) is 10.2. The fraction of sp³-hybridized carbons (Fsp3) is 0.960.